The van der Waals surface area contributed by atoms with E-state index in [1.165, 1.54) is 0 Å². The van der Waals surface area contributed by atoms with E-state index in [9.17, 15) is 4.79 Å². The van der Waals surface area contributed by atoms with Gasteiger partial charge in [0, 0.05) is 29.1 Å². The first-order valence-corrected chi connectivity index (χ1v) is 7.21. The molecule has 0 amide bonds. The number of fused-ring (bicyclic) bond motifs is 1. The number of H-pyrrole nitrogens is 1. The van der Waals surface area contributed by atoms with Crippen molar-refractivity contribution in [2.75, 3.05) is 0 Å². The molecule has 4 rings (SSSR count). The van der Waals surface area contributed by atoms with Crippen LogP contribution in [0, 0.1) is 0 Å². The Bertz CT molecular complexity index is 865. The van der Waals surface area contributed by atoms with E-state index in [2.05, 4.69) is 9.98 Å². The van der Waals surface area contributed by atoms with Crippen LogP contribution in [0.3, 0.4) is 0 Å². The molecule has 1 aliphatic rings. The smallest absolute Gasteiger partial charge is 0.338 e. The molecule has 108 valence electrons. The minimum Gasteiger partial charge on any atom is -0.406 e. The second kappa shape index (κ2) is 5.15. The number of para-hydroxylation sites is 1. The lowest BCUT2D eigenvalue weighted by molar-refractivity contribution is -0.134. The fourth-order valence-electron chi connectivity index (χ4n) is 2.74. The number of aromatic nitrogens is 1. The average Bonchev–Trinajstić information content (AvgIpc) is 3.13. The molecule has 0 radical (unpaired) electrons. The predicted octanol–water partition coefficient (Wildman–Crippen LogP) is 3.08. The van der Waals surface area contributed by atoms with E-state index in [1.54, 1.807) is 0 Å². The zero-order chi connectivity index (χ0) is 14.9. The van der Waals surface area contributed by atoms with Gasteiger partial charge in [0.25, 0.3) is 0 Å². The maximum atomic E-state index is 12.1. The molecule has 4 nitrogen and oxygen atoms in total. The molecular weight excluding hydrogens is 276 g/mol. The summed E-state index contributed by atoms with van der Waals surface area (Å²) in [5.74, 6) is 0.125. The fraction of sp³-hybridized carbons (Fsp3) is 0.111. The summed E-state index contributed by atoms with van der Waals surface area (Å²) in [5.41, 5.74) is 2.98. The third-order valence-electron chi connectivity index (χ3n) is 3.85. The Morgan fingerprint density at radius 3 is 2.68 bits per heavy atom. The zero-order valence-electron chi connectivity index (χ0n) is 11.8. The van der Waals surface area contributed by atoms with Crippen LogP contribution in [0.2, 0.25) is 0 Å². The Morgan fingerprint density at radius 2 is 1.82 bits per heavy atom. The fourth-order valence-corrected chi connectivity index (χ4v) is 2.74. The van der Waals surface area contributed by atoms with Crippen LogP contribution in [-0.4, -0.2) is 22.9 Å². The maximum absolute atomic E-state index is 12.1. The summed E-state index contributed by atoms with van der Waals surface area (Å²) in [6.45, 7) is 0. The van der Waals surface area contributed by atoms with Crippen molar-refractivity contribution in [1.82, 2.24) is 4.98 Å². The van der Waals surface area contributed by atoms with Crippen LogP contribution in [0.15, 0.2) is 65.8 Å². The Hall–Kier alpha value is -2.88. The van der Waals surface area contributed by atoms with Gasteiger partial charge in [-0.1, -0.05) is 36.4 Å². The number of hydrogen-bond donors (Lipinski definition) is 1. The summed E-state index contributed by atoms with van der Waals surface area (Å²) in [6.07, 6.45) is 2.48. The SMILES string of the molecule is O=C1OC(c2ccccc2)=NC1Cc1c[nH]c2ccccc12. The largest absolute Gasteiger partial charge is 0.406 e. The van der Waals surface area contributed by atoms with E-state index >= 15 is 0 Å². The van der Waals surface area contributed by atoms with Gasteiger partial charge in [0.1, 0.15) is 0 Å². The highest BCUT2D eigenvalue weighted by Gasteiger charge is 2.30. The Labute approximate surface area is 127 Å². The lowest BCUT2D eigenvalue weighted by atomic mass is 10.1. The topological polar surface area (TPSA) is 54.4 Å². The van der Waals surface area contributed by atoms with E-state index < -0.39 is 6.04 Å². The standard InChI is InChI=1S/C18H14N2O2/c21-18-16(20-17(22-18)12-6-2-1-3-7-12)10-13-11-19-15-9-5-4-8-14(13)15/h1-9,11,16,19H,10H2. The molecule has 1 atom stereocenters. The number of cyclic esters (lactones) is 1. The van der Waals surface area contributed by atoms with Gasteiger partial charge in [0.05, 0.1) is 0 Å². The summed E-state index contributed by atoms with van der Waals surface area (Å²) in [6, 6.07) is 17.1. The maximum Gasteiger partial charge on any atom is 0.338 e. The second-order valence-electron chi connectivity index (χ2n) is 5.30. The third kappa shape index (κ3) is 2.19. The number of carbonyl (C=O) groups is 1. The quantitative estimate of drug-likeness (QED) is 0.754. The number of aromatic amines is 1. The normalized spacial score (nSPS) is 17.5. The number of rotatable bonds is 3. The number of hydrogen-bond acceptors (Lipinski definition) is 3. The molecule has 0 aliphatic carbocycles. The van der Waals surface area contributed by atoms with Crippen LogP contribution in [0.25, 0.3) is 10.9 Å². The lowest BCUT2D eigenvalue weighted by Crippen LogP contribution is -2.17. The number of aliphatic imine (C=N–C) groups is 1. The highest BCUT2D eigenvalue weighted by molar-refractivity contribution is 6.06. The number of carbonyl (C=O) groups excluding carboxylic acids is 1. The molecule has 1 unspecified atom stereocenters. The van der Waals surface area contributed by atoms with Crippen molar-refractivity contribution >= 4 is 22.8 Å². The minimum atomic E-state index is -0.477. The molecule has 2 aromatic carbocycles. The Balaban J connectivity index is 1.63. The predicted molar refractivity (Wildman–Crippen MR) is 84.9 cm³/mol. The highest BCUT2D eigenvalue weighted by Crippen LogP contribution is 2.22. The van der Waals surface area contributed by atoms with Crippen LogP contribution in [-0.2, 0) is 16.0 Å². The molecule has 3 aromatic rings. The number of ether oxygens (including phenoxy) is 1. The first-order chi connectivity index (χ1) is 10.8. The van der Waals surface area contributed by atoms with E-state index in [1.807, 2.05) is 60.8 Å². The minimum absolute atomic E-state index is 0.288. The van der Waals surface area contributed by atoms with Gasteiger partial charge >= 0.3 is 5.97 Å². The highest BCUT2D eigenvalue weighted by atomic mass is 16.6. The van der Waals surface area contributed by atoms with E-state index in [4.69, 9.17) is 4.74 Å². The molecule has 0 fully saturated rings. The molecule has 1 aliphatic heterocycles. The van der Waals surface area contributed by atoms with Crippen LogP contribution in [0.1, 0.15) is 11.1 Å². The van der Waals surface area contributed by atoms with Crippen LogP contribution < -0.4 is 0 Å². The van der Waals surface area contributed by atoms with Crippen molar-refractivity contribution in [3.63, 3.8) is 0 Å². The average molecular weight is 290 g/mol. The van der Waals surface area contributed by atoms with Crippen molar-refractivity contribution in [2.24, 2.45) is 4.99 Å². The third-order valence-corrected chi connectivity index (χ3v) is 3.85. The zero-order valence-corrected chi connectivity index (χ0v) is 11.8. The van der Waals surface area contributed by atoms with Gasteiger partial charge in [0.15, 0.2) is 6.04 Å². The molecular formula is C18H14N2O2. The summed E-state index contributed by atoms with van der Waals surface area (Å²) >= 11 is 0. The van der Waals surface area contributed by atoms with Crippen LogP contribution in [0.5, 0.6) is 0 Å². The second-order valence-corrected chi connectivity index (χ2v) is 5.30. The van der Waals surface area contributed by atoms with Gasteiger partial charge in [-0.3, -0.25) is 0 Å². The Morgan fingerprint density at radius 1 is 1.05 bits per heavy atom. The molecule has 1 N–H and O–H groups in total. The molecule has 4 heteroatoms. The number of nitrogens with one attached hydrogen (secondary N) is 1. The molecule has 1 aromatic heterocycles. The molecule has 2 heterocycles. The van der Waals surface area contributed by atoms with E-state index in [0.29, 0.717) is 12.3 Å². The van der Waals surface area contributed by atoms with Crippen molar-refractivity contribution < 1.29 is 9.53 Å². The van der Waals surface area contributed by atoms with Crippen LogP contribution >= 0.6 is 0 Å². The Kier molecular flexibility index (Phi) is 3.00. The summed E-state index contributed by atoms with van der Waals surface area (Å²) < 4.78 is 5.32. The van der Waals surface area contributed by atoms with Crippen LogP contribution in [0.4, 0.5) is 0 Å². The van der Waals surface area contributed by atoms with Crippen molar-refractivity contribution in [3.8, 4) is 0 Å². The monoisotopic (exact) mass is 290 g/mol. The number of nitrogens with zero attached hydrogens (tertiary/aromatic N) is 1. The van der Waals surface area contributed by atoms with Gasteiger partial charge in [0.2, 0.25) is 5.90 Å². The first kappa shape index (κ1) is 12.8. The van der Waals surface area contributed by atoms with Gasteiger partial charge < -0.3 is 9.72 Å². The number of benzene rings is 2. The molecule has 0 spiro atoms. The molecule has 0 saturated heterocycles. The van der Waals surface area contributed by atoms with E-state index in [-0.39, 0.29) is 5.97 Å². The van der Waals surface area contributed by atoms with Crippen molar-refractivity contribution in [1.29, 1.82) is 0 Å². The molecule has 22 heavy (non-hydrogen) atoms. The summed E-state index contributed by atoms with van der Waals surface area (Å²) in [7, 11) is 0. The lowest BCUT2D eigenvalue weighted by Gasteiger charge is -2.01. The molecule has 0 bridgehead atoms. The van der Waals surface area contributed by atoms with Crippen molar-refractivity contribution in [2.45, 2.75) is 12.5 Å². The van der Waals surface area contributed by atoms with Gasteiger partial charge in [-0.05, 0) is 23.8 Å². The summed E-state index contributed by atoms with van der Waals surface area (Å²) in [5, 5.41) is 1.12. The van der Waals surface area contributed by atoms with Gasteiger partial charge in [-0.25, -0.2) is 9.79 Å². The molecule has 0 saturated carbocycles. The van der Waals surface area contributed by atoms with Gasteiger partial charge in [-0.2, -0.15) is 0 Å². The first-order valence-electron chi connectivity index (χ1n) is 7.21. The number of esters is 1. The van der Waals surface area contributed by atoms with Crippen molar-refractivity contribution in [3.05, 3.63) is 71.9 Å². The van der Waals surface area contributed by atoms with E-state index in [0.717, 1.165) is 22.0 Å². The van der Waals surface area contributed by atoms with Gasteiger partial charge in [-0.15, -0.1) is 0 Å². The summed E-state index contributed by atoms with van der Waals surface area (Å²) in [4.78, 5) is 19.7.